The topological polar surface area (TPSA) is 307 Å². The second-order valence-corrected chi connectivity index (χ2v) is 10.2. The Morgan fingerprint density at radius 3 is 1.54 bits per heavy atom. The zero-order valence-corrected chi connectivity index (χ0v) is 21.4. The predicted octanol–water partition coefficient (Wildman–Crippen LogP) is -8.47. The first-order valence-corrected chi connectivity index (χ1v) is 12.9. The molecule has 0 saturated carbocycles. The third-order valence-corrected chi connectivity index (χ3v) is 7.47. The SMILES string of the molecule is OC[C@H]1O[C@H](O[C@@H]2CO[C@@H](O[C@H]3[C@H](O)[C@H](O)[C@@H](O[C@@H]4CO[C@H](O)[C@H](O)[C@H]4O)O[C@@H]3CO)[C@H](O)[C@H]2O)[C@@H](O)[C@@H](O)[C@@H]1O. The molecule has 19 heteroatoms. The number of aliphatic hydroxyl groups is 12. The first kappa shape index (κ1) is 33.1. The highest BCUT2D eigenvalue weighted by atomic mass is 16.8. The lowest BCUT2D eigenvalue weighted by Crippen LogP contribution is -2.65. The van der Waals surface area contributed by atoms with Crippen molar-refractivity contribution < 1.29 is 94.4 Å². The van der Waals surface area contributed by atoms with E-state index in [1.165, 1.54) is 0 Å². The molecule has 4 saturated heterocycles. The summed E-state index contributed by atoms with van der Waals surface area (Å²) in [6, 6.07) is 0. The first-order valence-electron chi connectivity index (χ1n) is 12.9. The highest BCUT2D eigenvalue weighted by Gasteiger charge is 2.52. The van der Waals surface area contributed by atoms with Crippen molar-refractivity contribution >= 4 is 0 Å². The molecule has 4 aliphatic rings. The molecule has 4 rings (SSSR count). The largest absolute Gasteiger partial charge is 0.394 e. The number of ether oxygens (including phenoxy) is 7. The van der Waals surface area contributed by atoms with Crippen LogP contribution in [0.3, 0.4) is 0 Å². The third kappa shape index (κ3) is 6.83. The van der Waals surface area contributed by atoms with Crippen LogP contribution in [0.1, 0.15) is 0 Å². The molecular formula is C22H38O19. The Balaban J connectivity index is 1.35. The van der Waals surface area contributed by atoms with Crippen LogP contribution in [0.15, 0.2) is 0 Å². The Morgan fingerprint density at radius 2 is 0.951 bits per heavy atom. The molecule has 0 aliphatic carbocycles. The van der Waals surface area contributed by atoms with Gasteiger partial charge in [-0.05, 0) is 0 Å². The van der Waals surface area contributed by atoms with Crippen molar-refractivity contribution in [1.29, 1.82) is 0 Å². The van der Waals surface area contributed by atoms with Crippen LogP contribution in [0.5, 0.6) is 0 Å². The van der Waals surface area contributed by atoms with Crippen molar-refractivity contribution in [2.75, 3.05) is 26.4 Å². The van der Waals surface area contributed by atoms with E-state index in [1.807, 2.05) is 0 Å². The fourth-order valence-electron chi connectivity index (χ4n) is 4.92. The van der Waals surface area contributed by atoms with Crippen molar-refractivity contribution in [2.24, 2.45) is 0 Å². The molecule has 0 radical (unpaired) electrons. The van der Waals surface area contributed by atoms with E-state index < -0.39 is 137 Å². The third-order valence-electron chi connectivity index (χ3n) is 7.47. The molecule has 41 heavy (non-hydrogen) atoms. The van der Waals surface area contributed by atoms with Gasteiger partial charge in [0, 0.05) is 0 Å². The molecule has 0 spiro atoms. The monoisotopic (exact) mass is 606 g/mol. The van der Waals surface area contributed by atoms with Gasteiger partial charge in [-0.2, -0.15) is 0 Å². The molecule has 0 aromatic rings. The van der Waals surface area contributed by atoms with Gasteiger partial charge in [0.1, 0.15) is 85.5 Å². The van der Waals surface area contributed by atoms with E-state index in [-0.39, 0.29) is 0 Å². The average Bonchev–Trinajstić information content (AvgIpc) is 2.96. The minimum atomic E-state index is -1.86. The van der Waals surface area contributed by atoms with E-state index in [2.05, 4.69) is 0 Å². The van der Waals surface area contributed by atoms with Gasteiger partial charge >= 0.3 is 0 Å². The molecule has 0 unspecified atom stereocenters. The lowest BCUT2D eigenvalue weighted by Gasteiger charge is -2.47. The van der Waals surface area contributed by atoms with Gasteiger partial charge in [0.2, 0.25) is 0 Å². The Morgan fingerprint density at radius 1 is 0.463 bits per heavy atom. The van der Waals surface area contributed by atoms with Gasteiger partial charge in [-0.1, -0.05) is 0 Å². The molecule has 19 nitrogen and oxygen atoms in total. The summed E-state index contributed by atoms with van der Waals surface area (Å²) in [7, 11) is 0. The molecule has 4 fully saturated rings. The van der Waals surface area contributed by atoms with Crippen LogP contribution < -0.4 is 0 Å². The van der Waals surface area contributed by atoms with Crippen LogP contribution in [-0.2, 0) is 33.2 Å². The number of aliphatic hydroxyl groups excluding tert-OH is 12. The van der Waals surface area contributed by atoms with E-state index in [0.717, 1.165) is 0 Å². The smallest absolute Gasteiger partial charge is 0.187 e. The second-order valence-electron chi connectivity index (χ2n) is 10.2. The maximum Gasteiger partial charge on any atom is 0.187 e. The van der Waals surface area contributed by atoms with Gasteiger partial charge in [0.05, 0.1) is 26.4 Å². The zero-order valence-electron chi connectivity index (χ0n) is 21.4. The number of rotatable bonds is 8. The van der Waals surface area contributed by atoms with Gasteiger partial charge in [-0.3, -0.25) is 0 Å². The second kappa shape index (κ2) is 13.9. The summed E-state index contributed by atoms with van der Waals surface area (Å²) in [5.74, 6) is 0. The lowest BCUT2D eigenvalue weighted by molar-refractivity contribution is -0.373. The molecule has 0 amide bonds. The van der Waals surface area contributed by atoms with Gasteiger partial charge in [0.15, 0.2) is 25.2 Å². The molecule has 0 aromatic heterocycles. The zero-order chi connectivity index (χ0) is 30.2. The maximum absolute atomic E-state index is 10.7. The van der Waals surface area contributed by atoms with Crippen molar-refractivity contribution in [3.05, 3.63) is 0 Å². The van der Waals surface area contributed by atoms with E-state index in [4.69, 9.17) is 33.2 Å². The maximum atomic E-state index is 10.7. The highest BCUT2D eigenvalue weighted by molar-refractivity contribution is 4.95. The Bertz CT molecular complexity index is 820. The highest BCUT2D eigenvalue weighted by Crippen LogP contribution is 2.31. The normalized spacial score (nSPS) is 53.3. The molecule has 12 N–H and O–H groups in total. The summed E-state index contributed by atoms with van der Waals surface area (Å²) in [5.41, 5.74) is 0. The van der Waals surface area contributed by atoms with Gasteiger partial charge in [-0.25, -0.2) is 0 Å². The first-order chi connectivity index (χ1) is 19.4. The predicted molar refractivity (Wildman–Crippen MR) is 122 cm³/mol. The van der Waals surface area contributed by atoms with Crippen LogP contribution in [0, 0.1) is 0 Å². The minimum Gasteiger partial charge on any atom is -0.394 e. The van der Waals surface area contributed by atoms with Crippen LogP contribution in [0.4, 0.5) is 0 Å². The average molecular weight is 607 g/mol. The van der Waals surface area contributed by atoms with E-state index in [1.54, 1.807) is 0 Å². The van der Waals surface area contributed by atoms with E-state index >= 15 is 0 Å². The van der Waals surface area contributed by atoms with Crippen LogP contribution in [-0.4, -0.2) is 198 Å². The van der Waals surface area contributed by atoms with Gasteiger partial charge < -0.3 is 94.4 Å². The Labute approximate surface area is 232 Å². The fourth-order valence-corrected chi connectivity index (χ4v) is 4.92. The lowest BCUT2D eigenvalue weighted by atomic mass is 9.97. The van der Waals surface area contributed by atoms with Crippen molar-refractivity contribution in [3.63, 3.8) is 0 Å². The van der Waals surface area contributed by atoms with E-state index in [0.29, 0.717) is 0 Å². The van der Waals surface area contributed by atoms with Crippen LogP contribution in [0.25, 0.3) is 0 Å². The molecule has 0 aromatic carbocycles. The summed E-state index contributed by atoms with van der Waals surface area (Å²) in [6.07, 6.45) is -29.4. The summed E-state index contributed by atoms with van der Waals surface area (Å²) in [6.45, 7) is -2.41. The summed E-state index contributed by atoms with van der Waals surface area (Å²) >= 11 is 0. The molecule has 4 aliphatic heterocycles. The molecular weight excluding hydrogens is 568 g/mol. The number of hydrogen-bond acceptors (Lipinski definition) is 19. The van der Waals surface area contributed by atoms with Crippen molar-refractivity contribution in [3.8, 4) is 0 Å². The summed E-state index contributed by atoms with van der Waals surface area (Å²) in [4.78, 5) is 0. The fraction of sp³-hybridized carbons (Fsp3) is 1.00. The van der Waals surface area contributed by atoms with Crippen LogP contribution in [0.2, 0.25) is 0 Å². The van der Waals surface area contributed by atoms with Crippen molar-refractivity contribution in [2.45, 2.75) is 111 Å². The van der Waals surface area contributed by atoms with Gasteiger partial charge in [-0.15, -0.1) is 0 Å². The quantitative estimate of drug-likeness (QED) is 0.122. The minimum absolute atomic E-state index is 0.405. The molecule has 18 atom stereocenters. The van der Waals surface area contributed by atoms with Crippen molar-refractivity contribution in [1.82, 2.24) is 0 Å². The summed E-state index contributed by atoms with van der Waals surface area (Å²) < 4.78 is 37.3. The van der Waals surface area contributed by atoms with Crippen LogP contribution >= 0.6 is 0 Å². The Hall–Kier alpha value is -0.760. The number of hydrogen-bond donors (Lipinski definition) is 12. The molecule has 240 valence electrons. The molecule has 0 bridgehead atoms. The Kier molecular flexibility index (Phi) is 11.2. The standard InChI is InChI=1S/C22H38O19/c23-1-5-9(25)12(28)16(32)21(37-5)40-8-4-36-20(15(31)11(8)27)41-18-6(2-24)38-22(17(33)13(18)29)39-7-3-35-19(34)14(30)10(7)26/h5-34H,1-4H2/t5-,6-,7-,8-,9-,10+,11+,12+,13-,14-,15-,16+,17+,18-,19+,20+,21-,22-/m1/s1. The summed E-state index contributed by atoms with van der Waals surface area (Å²) in [5, 5.41) is 121. The van der Waals surface area contributed by atoms with E-state index in [9.17, 15) is 61.3 Å². The molecule has 4 heterocycles. The van der Waals surface area contributed by atoms with Gasteiger partial charge in [0.25, 0.3) is 0 Å².